The third-order valence-corrected chi connectivity index (χ3v) is 2.79. The van der Waals surface area contributed by atoms with Gasteiger partial charge in [-0.1, -0.05) is 0 Å². The number of methoxy groups -OCH3 is 1. The Hall–Kier alpha value is -1.68. The molecule has 22 heavy (non-hydrogen) atoms. The van der Waals surface area contributed by atoms with Crippen molar-refractivity contribution in [1.29, 1.82) is 0 Å². The molecule has 0 radical (unpaired) electrons. The fourth-order valence-electron chi connectivity index (χ4n) is 1.85. The van der Waals surface area contributed by atoms with Crippen molar-refractivity contribution >= 4 is 29.9 Å². The number of pyridine rings is 1. The van der Waals surface area contributed by atoms with E-state index in [-0.39, 0.29) is 30.0 Å². The highest BCUT2D eigenvalue weighted by Gasteiger charge is 2.02. The summed E-state index contributed by atoms with van der Waals surface area (Å²) in [6.07, 6.45) is 5.29. The molecule has 0 fully saturated rings. The van der Waals surface area contributed by atoms with Gasteiger partial charge in [-0.2, -0.15) is 5.10 Å². The molecule has 1 atom stereocenters. The summed E-state index contributed by atoms with van der Waals surface area (Å²) in [6, 6.07) is 5.81. The van der Waals surface area contributed by atoms with E-state index in [9.17, 15) is 0 Å². The molecule has 7 nitrogen and oxygen atoms in total. The highest BCUT2D eigenvalue weighted by molar-refractivity contribution is 14.0. The van der Waals surface area contributed by atoms with Crippen LogP contribution in [-0.4, -0.2) is 40.5 Å². The molecular formula is C14H21IN6O. The lowest BCUT2D eigenvalue weighted by molar-refractivity contribution is 0.179. The minimum atomic E-state index is 0. The molecule has 0 amide bonds. The zero-order valence-electron chi connectivity index (χ0n) is 12.6. The van der Waals surface area contributed by atoms with Gasteiger partial charge in [0.05, 0.1) is 13.2 Å². The molecule has 3 N–H and O–H groups in total. The number of aliphatic imine (C=N–C) groups is 1. The molecule has 120 valence electrons. The number of hydrogen-bond acceptors (Lipinski definition) is 4. The van der Waals surface area contributed by atoms with Crippen LogP contribution in [0.1, 0.15) is 12.5 Å². The largest absolute Gasteiger partial charge is 0.383 e. The second-order valence-electron chi connectivity index (χ2n) is 4.68. The summed E-state index contributed by atoms with van der Waals surface area (Å²) in [5, 5.41) is 7.21. The second kappa shape index (κ2) is 9.36. The van der Waals surface area contributed by atoms with Gasteiger partial charge in [-0.15, -0.1) is 24.0 Å². The third kappa shape index (κ3) is 5.60. The number of nitrogens with one attached hydrogen (secondary N) is 1. The van der Waals surface area contributed by atoms with Gasteiger partial charge in [0.25, 0.3) is 0 Å². The van der Waals surface area contributed by atoms with Crippen LogP contribution in [0, 0.1) is 0 Å². The molecule has 0 bridgehead atoms. The smallest absolute Gasteiger partial charge is 0.189 e. The van der Waals surface area contributed by atoms with Crippen LogP contribution in [0.3, 0.4) is 0 Å². The SMILES string of the molecule is COCC(C)NC(N)=NCc1ccnc(-n2cccn2)c1.I. The van der Waals surface area contributed by atoms with Gasteiger partial charge < -0.3 is 15.8 Å². The average molecular weight is 416 g/mol. The Kier molecular flexibility index (Phi) is 7.82. The first kappa shape index (κ1) is 18.4. The molecule has 2 aromatic heterocycles. The van der Waals surface area contributed by atoms with Crippen LogP contribution in [0.15, 0.2) is 41.8 Å². The van der Waals surface area contributed by atoms with E-state index in [4.69, 9.17) is 10.5 Å². The Labute approximate surface area is 147 Å². The number of rotatable bonds is 6. The zero-order valence-corrected chi connectivity index (χ0v) is 15.0. The highest BCUT2D eigenvalue weighted by Crippen LogP contribution is 2.07. The minimum Gasteiger partial charge on any atom is -0.383 e. The molecular weight excluding hydrogens is 395 g/mol. The predicted octanol–water partition coefficient (Wildman–Crippen LogP) is 1.32. The summed E-state index contributed by atoms with van der Waals surface area (Å²) in [5.41, 5.74) is 6.85. The maximum atomic E-state index is 5.84. The molecule has 8 heteroatoms. The van der Waals surface area contributed by atoms with Crippen molar-refractivity contribution in [3.8, 4) is 5.82 Å². The van der Waals surface area contributed by atoms with E-state index >= 15 is 0 Å². The molecule has 0 aromatic carbocycles. The van der Waals surface area contributed by atoms with Gasteiger partial charge in [0.2, 0.25) is 0 Å². The van der Waals surface area contributed by atoms with E-state index in [1.54, 1.807) is 24.2 Å². The predicted molar refractivity (Wildman–Crippen MR) is 96.6 cm³/mol. The third-order valence-electron chi connectivity index (χ3n) is 2.79. The zero-order chi connectivity index (χ0) is 15.1. The van der Waals surface area contributed by atoms with E-state index in [1.165, 1.54) is 0 Å². The molecule has 2 heterocycles. The number of halogens is 1. The van der Waals surface area contributed by atoms with Crippen molar-refractivity contribution in [3.05, 3.63) is 42.4 Å². The minimum absolute atomic E-state index is 0. The highest BCUT2D eigenvalue weighted by atomic mass is 127. The molecule has 0 saturated heterocycles. The van der Waals surface area contributed by atoms with Crippen LogP contribution in [0.5, 0.6) is 0 Å². The molecule has 2 aromatic rings. The average Bonchev–Trinajstić information content (AvgIpc) is 3.00. The van der Waals surface area contributed by atoms with Gasteiger partial charge >= 0.3 is 0 Å². The summed E-state index contributed by atoms with van der Waals surface area (Å²) >= 11 is 0. The molecule has 0 spiro atoms. The van der Waals surface area contributed by atoms with Crippen molar-refractivity contribution in [1.82, 2.24) is 20.1 Å². The maximum Gasteiger partial charge on any atom is 0.189 e. The first-order valence-electron chi connectivity index (χ1n) is 6.69. The number of guanidine groups is 1. The number of nitrogens with zero attached hydrogens (tertiary/aromatic N) is 4. The Morgan fingerprint density at radius 2 is 2.32 bits per heavy atom. The van der Waals surface area contributed by atoms with Gasteiger partial charge in [-0.25, -0.2) is 14.7 Å². The van der Waals surface area contributed by atoms with Gasteiger partial charge in [-0.05, 0) is 30.7 Å². The standard InChI is InChI=1S/C14H20N6O.HI/c1-11(10-21-2)19-14(15)17-9-12-4-6-16-13(8-12)20-7-3-5-18-20;/h3-8,11H,9-10H2,1-2H3,(H3,15,17,19);1H. The van der Waals surface area contributed by atoms with Crippen LogP contribution in [0.25, 0.3) is 5.82 Å². The molecule has 0 saturated carbocycles. The first-order chi connectivity index (χ1) is 10.2. The van der Waals surface area contributed by atoms with Gasteiger partial charge in [0.15, 0.2) is 11.8 Å². The maximum absolute atomic E-state index is 5.84. The van der Waals surface area contributed by atoms with Crippen LogP contribution in [0.4, 0.5) is 0 Å². The van der Waals surface area contributed by atoms with Crippen LogP contribution < -0.4 is 11.1 Å². The van der Waals surface area contributed by atoms with E-state index in [2.05, 4.69) is 20.4 Å². The normalized spacial score (nSPS) is 12.5. The van der Waals surface area contributed by atoms with Crippen molar-refractivity contribution in [3.63, 3.8) is 0 Å². The summed E-state index contributed by atoms with van der Waals surface area (Å²) in [4.78, 5) is 8.58. The van der Waals surface area contributed by atoms with Gasteiger partial charge in [-0.3, -0.25) is 0 Å². The lowest BCUT2D eigenvalue weighted by Gasteiger charge is -2.13. The topological polar surface area (TPSA) is 90.4 Å². The number of hydrogen-bond donors (Lipinski definition) is 2. The lowest BCUT2D eigenvalue weighted by atomic mass is 10.2. The van der Waals surface area contributed by atoms with Crippen molar-refractivity contribution < 1.29 is 4.74 Å². The number of nitrogens with two attached hydrogens (primary N) is 1. The summed E-state index contributed by atoms with van der Waals surface area (Å²) in [5.74, 6) is 1.16. The molecule has 1 unspecified atom stereocenters. The van der Waals surface area contributed by atoms with E-state index in [0.29, 0.717) is 19.1 Å². The van der Waals surface area contributed by atoms with Gasteiger partial charge in [0.1, 0.15) is 0 Å². The molecule has 2 rings (SSSR count). The summed E-state index contributed by atoms with van der Waals surface area (Å²) in [7, 11) is 1.65. The fraction of sp³-hybridized carbons (Fsp3) is 0.357. The molecule has 0 aliphatic carbocycles. The van der Waals surface area contributed by atoms with Crippen molar-refractivity contribution in [2.45, 2.75) is 19.5 Å². The van der Waals surface area contributed by atoms with Crippen LogP contribution in [-0.2, 0) is 11.3 Å². The molecule has 0 aliphatic rings. The van der Waals surface area contributed by atoms with Crippen LogP contribution >= 0.6 is 24.0 Å². The quantitative estimate of drug-likeness (QED) is 0.421. The molecule has 0 aliphatic heterocycles. The van der Waals surface area contributed by atoms with E-state index < -0.39 is 0 Å². The second-order valence-corrected chi connectivity index (χ2v) is 4.68. The van der Waals surface area contributed by atoms with Crippen LogP contribution in [0.2, 0.25) is 0 Å². The Morgan fingerprint density at radius 1 is 1.50 bits per heavy atom. The van der Waals surface area contributed by atoms with Gasteiger partial charge in [0, 0.05) is 31.7 Å². The summed E-state index contributed by atoms with van der Waals surface area (Å²) in [6.45, 7) is 3.04. The first-order valence-corrected chi connectivity index (χ1v) is 6.69. The van der Waals surface area contributed by atoms with Crippen molar-refractivity contribution in [2.24, 2.45) is 10.7 Å². The van der Waals surface area contributed by atoms with Crippen molar-refractivity contribution in [2.75, 3.05) is 13.7 Å². The Balaban J connectivity index is 0.00000242. The van der Waals surface area contributed by atoms with E-state index in [0.717, 1.165) is 11.4 Å². The number of ether oxygens (including phenoxy) is 1. The monoisotopic (exact) mass is 416 g/mol. The van der Waals surface area contributed by atoms with E-state index in [1.807, 2.05) is 31.3 Å². The fourth-order valence-corrected chi connectivity index (χ4v) is 1.85. The summed E-state index contributed by atoms with van der Waals surface area (Å²) < 4.78 is 6.74. The Morgan fingerprint density at radius 3 is 3.00 bits per heavy atom. The Bertz CT molecular complexity index is 587. The number of aromatic nitrogens is 3. The lowest BCUT2D eigenvalue weighted by Crippen LogP contribution is -2.40.